The predicted octanol–water partition coefficient (Wildman–Crippen LogP) is 0.483. The van der Waals surface area contributed by atoms with E-state index < -0.39 is 9.84 Å². The van der Waals surface area contributed by atoms with E-state index in [1.54, 1.807) is 24.2 Å². The zero-order valence-electron chi connectivity index (χ0n) is 14.9. The number of sulfone groups is 1. The molecule has 3 heterocycles. The van der Waals surface area contributed by atoms with E-state index in [-0.39, 0.29) is 23.5 Å². The Balaban J connectivity index is 1.63. The summed E-state index contributed by atoms with van der Waals surface area (Å²) >= 11 is 0. The minimum Gasteiger partial charge on any atom is -0.354 e. The molecule has 1 unspecified atom stereocenters. The molecule has 2 aliphatic heterocycles. The average molecular weight is 366 g/mol. The summed E-state index contributed by atoms with van der Waals surface area (Å²) in [6, 6.07) is 3.43. The molecule has 1 amide bonds. The number of nitrogens with zero attached hydrogens (tertiary/aromatic N) is 4. The quantitative estimate of drug-likeness (QED) is 0.772. The van der Waals surface area contributed by atoms with Gasteiger partial charge in [0.05, 0.1) is 17.1 Å². The van der Waals surface area contributed by atoms with Gasteiger partial charge < -0.3 is 14.7 Å². The van der Waals surface area contributed by atoms with Crippen LogP contribution in [0.25, 0.3) is 0 Å². The zero-order valence-corrected chi connectivity index (χ0v) is 15.7. The van der Waals surface area contributed by atoms with Crippen molar-refractivity contribution in [1.82, 2.24) is 14.8 Å². The Morgan fingerprint density at radius 3 is 2.52 bits per heavy atom. The summed E-state index contributed by atoms with van der Waals surface area (Å²) in [5.41, 5.74) is 0.503. The number of anilines is 1. The lowest BCUT2D eigenvalue weighted by Crippen LogP contribution is -2.46. The summed E-state index contributed by atoms with van der Waals surface area (Å²) in [5.74, 6) is 0.939. The number of carbonyl (C=O) groups excluding carboxylic acids is 1. The average Bonchev–Trinajstić information content (AvgIpc) is 3.00. The van der Waals surface area contributed by atoms with Crippen molar-refractivity contribution in [2.24, 2.45) is 0 Å². The van der Waals surface area contributed by atoms with E-state index in [1.165, 1.54) is 0 Å². The third-order valence-electron chi connectivity index (χ3n) is 5.21. The molecule has 8 heteroatoms. The minimum absolute atomic E-state index is 0.0580. The minimum atomic E-state index is -3.00. The number of amides is 1. The molecule has 1 aromatic heterocycles. The molecular weight excluding hydrogens is 340 g/mol. The van der Waals surface area contributed by atoms with E-state index in [2.05, 4.69) is 21.7 Å². The molecule has 138 valence electrons. The fourth-order valence-electron chi connectivity index (χ4n) is 3.44. The number of likely N-dealkylation sites (N-methyl/N-ethyl adjacent to an activating group) is 1. The first-order chi connectivity index (χ1) is 11.9. The van der Waals surface area contributed by atoms with Crippen molar-refractivity contribution in [2.75, 3.05) is 56.2 Å². The summed E-state index contributed by atoms with van der Waals surface area (Å²) in [7, 11) is -1.33. The van der Waals surface area contributed by atoms with Crippen LogP contribution in [0.3, 0.4) is 0 Å². The van der Waals surface area contributed by atoms with E-state index >= 15 is 0 Å². The van der Waals surface area contributed by atoms with Crippen molar-refractivity contribution in [3.8, 4) is 0 Å². The molecule has 0 aromatic carbocycles. The molecule has 2 fully saturated rings. The van der Waals surface area contributed by atoms with Crippen LogP contribution in [-0.2, 0) is 9.84 Å². The van der Waals surface area contributed by atoms with Crippen LogP contribution in [0.5, 0.6) is 0 Å². The molecule has 1 atom stereocenters. The van der Waals surface area contributed by atoms with Crippen molar-refractivity contribution in [2.45, 2.75) is 19.4 Å². The smallest absolute Gasteiger partial charge is 0.255 e. The van der Waals surface area contributed by atoms with Crippen LogP contribution in [0.4, 0.5) is 5.82 Å². The largest absolute Gasteiger partial charge is 0.354 e. The van der Waals surface area contributed by atoms with E-state index in [0.717, 1.165) is 38.5 Å². The fourth-order valence-corrected chi connectivity index (χ4v) is 5.22. The number of rotatable bonds is 4. The lowest BCUT2D eigenvalue weighted by atomic mass is 10.2. The first kappa shape index (κ1) is 18.1. The van der Waals surface area contributed by atoms with Gasteiger partial charge in [-0.05, 0) is 25.1 Å². The van der Waals surface area contributed by atoms with Crippen LogP contribution in [0.2, 0.25) is 0 Å². The van der Waals surface area contributed by atoms with Gasteiger partial charge in [0.15, 0.2) is 9.84 Å². The van der Waals surface area contributed by atoms with Crippen LogP contribution in [-0.4, -0.2) is 86.4 Å². The number of hydrogen-bond donors (Lipinski definition) is 0. The standard InChI is InChI=1S/C17H26N4O3S/c1-3-20-7-9-21(10-8-20)16-5-4-14(12-18-16)17(22)19(2)15-6-11-25(23,24)13-15/h4-5,12,15H,3,6-11,13H2,1-2H3. The number of piperazine rings is 1. The second-order valence-corrected chi connectivity index (χ2v) is 9.03. The molecule has 0 spiro atoms. The maximum absolute atomic E-state index is 12.6. The van der Waals surface area contributed by atoms with Gasteiger partial charge in [0.1, 0.15) is 5.82 Å². The summed E-state index contributed by atoms with van der Waals surface area (Å²) < 4.78 is 23.2. The van der Waals surface area contributed by atoms with Crippen LogP contribution in [0.15, 0.2) is 18.3 Å². The number of hydrogen-bond acceptors (Lipinski definition) is 6. The highest BCUT2D eigenvalue weighted by atomic mass is 32.2. The van der Waals surface area contributed by atoms with Gasteiger partial charge in [-0.15, -0.1) is 0 Å². The predicted molar refractivity (Wildman–Crippen MR) is 97.7 cm³/mol. The van der Waals surface area contributed by atoms with E-state index in [9.17, 15) is 13.2 Å². The van der Waals surface area contributed by atoms with Crippen molar-refractivity contribution >= 4 is 21.6 Å². The molecule has 2 saturated heterocycles. The molecule has 0 saturated carbocycles. The number of carbonyl (C=O) groups is 1. The second-order valence-electron chi connectivity index (χ2n) is 6.80. The Hall–Kier alpha value is -1.67. The van der Waals surface area contributed by atoms with Gasteiger partial charge in [-0.25, -0.2) is 13.4 Å². The van der Waals surface area contributed by atoms with Crippen LogP contribution in [0, 0.1) is 0 Å². The van der Waals surface area contributed by atoms with Gasteiger partial charge >= 0.3 is 0 Å². The van der Waals surface area contributed by atoms with Crippen molar-refractivity contribution in [3.63, 3.8) is 0 Å². The molecule has 0 N–H and O–H groups in total. The van der Waals surface area contributed by atoms with Crippen LogP contribution in [0.1, 0.15) is 23.7 Å². The Morgan fingerprint density at radius 2 is 2.00 bits per heavy atom. The summed E-state index contributed by atoms with van der Waals surface area (Å²) in [6.45, 7) is 7.16. The van der Waals surface area contributed by atoms with Gasteiger partial charge in [0.2, 0.25) is 0 Å². The van der Waals surface area contributed by atoms with Crippen LogP contribution >= 0.6 is 0 Å². The molecule has 2 aliphatic rings. The van der Waals surface area contributed by atoms with Crippen molar-refractivity contribution in [3.05, 3.63) is 23.9 Å². The molecule has 7 nitrogen and oxygen atoms in total. The summed E-state index contributed by atoms with van der Waals surface area (Å²) in [6.07, 6.45) is 2.11. The monoisotopic (exact) mass is 366 g/mol. The Kier molecular flexibility index (Phi) is 5.29. The lowest BCUT2D eigenvalue weighted by Gasteiger charge is -2.34. The maximum atomic E-state index is 12.6. The third-order valence-corrected chi connectivity index (χ3v) is 6.97. The van der Waals surface area contributed by atoms with Gasteiger partial charge in [0.25, 0.3) is 5.91 Å². The maximum Gasteiger partial charge on any atom is 0.255 e. The van der Waals surface area contributed by atoms with Gasteiger partial charge in [0, 0.05) is 45.5 Å². The Morgan fingerprint density at radius 1 is 1.28 bits per heavy atom. The van der Waals surface area contributed by atoms with Gasteiger partial charge in [-0.3, -0.25) is 4.79 Å². The summed E-state index contributed by atoms with van der Waals surface area (Å²) in [5, 5.41) is 0. The molecule has 0 radical (unpaired) electrons. The number of pyridine rings is 1. The zero-order chi connectivity index (χ0) is 18.0. The number of aromatic nitrogens is 1. The van der Waals surface area contributed by atoms with Crippen LogP contribution < -0.4 is 4.90 Å². The lowest BCUT2D eigenvalue weighted by molar-refractivity contribution is 0.0747. The molecular formula is C17H26N4O3S. The Labute approximate surface area is 149 Å². The first-order valence-electron chi connectivity index (χ1n) is 8.80. The second kappa shape index (κ2) is 7.29. The topological polar surface area (TPSA) is 73.8 Å². The van der Waals surface area contributed by atoms with Gasteiger partial charge in [-0.2, -0.15) is 0 Å². The highest BCUT2D eigenvalue weighted by molar-refractivity contribution is 7.91. The molecule has 25 heavy (non-hydrogen) atoms. The molecule has 0 bridgehead atoms. The van der Waals surface area contributed by atoms with E-state index in [1.807, 2.05) is 6.07 Å². The highest BCUT2D eigenvalue weighted by Crippen LogP contribution is 2.19. The van der Waals surface area contributed by atoms with Crippen molar-refractivity contribution < 1.29 is 13.2 Å². The van der Waals surface area contributed by atoms with E-state index in [0.29, 0.717) is 12.0 Å². The molecule has 0 aliphatic carbocycles. The van der Waals surface area contributed by atoms with E-state index in [4.69, 9.17) is 0 Å². The normalized spacial score (nSPS) is 23.6. The fraction of sp³-hybridized carbons (Fsp3) is 0.647. The third kappa shape index (κ3) is 4.12. The van der Waals surface area contributed by atoms with Crippen molar-refractivity contribution in [1.29, 1.82) is 0 Å². The molecule has 1 aromatic rings. The Bertz CT molecular complexity index is 712. The summed E-state index contributed by atoms with van der Waals surface area (Å²) in [4.78, 5) is 23.2. The highest BCUT2D eigenvalue weighted by Gasteiger charge is 2.33. The first-order valence-corrected chi connectivity index (χ1v) is 10.6. The van der Waals surface area contributed by atoms with Gasteiger partial charge in [-0.1, -0.05) is 6.92 Å². The molecule has 3 rings (SSSR count). The SMILES string of the molecule is CCN1CCN(c2ccc(C(=O)N(C)C3CCS(=O)(=O)C3)cn2)CC1.